The highest BCUT2D eigenvalue weighted by atomic mass is 32.2. The van der Waals surface area contributed by atoms with Crippen molar-refractivity contribution in [1.82, 2.24) is 9.21 Å². The first-order chi connectivity index (χ1) is 10.0. The van der Waals surface area contributed by atoms with E-state index in [1.54, 1.807) is 11.9 Å². The molecule has 1 unspecified atom stereocenters. The molecule has 2 aliphatic rings. The summed E-state index contributed by atoms with van der Waals surface area (Å²) in [4.78, 5) is 2.27. The zero-order valence-corrected chi connectivity index (χ0v) is 16.1. The van der Waals surface area contributed by atoms with Crippen LogP contribution >= 0.6 is 23.7 Å². The van der Waals surface area contributed by atoms with Crippen LogP contribution in [0.2, 0.25) is 0 Å². The SMILES string of the molecule is CC.CCC.CN1CCSC(N)C1.CN1SC=CC=C1N. The van der Waals surface area contributed by atoms with Gasteiger partial charge in [-0.05, 0) is 30.5 Å². The summed E-state index contributed by atoms with van der Waals surface area (Å²) >= 11 is 3.44. The van der Waals surface area contributed by atoms with Crippen molar-refractivity contribution in [3.8, 4) is 0 Å². The largest absolute Gasteiger partial charge is 0.385 e. The first-order valence-corrected chi connectivity index (χ1v) is 9.48. The molecule has 21 heavy (non-hydrogen) atoms. The average molecular weight is 335 g/mol. The van der Waals surface area contributed by atoms with Crippen LogP contribution in [0.3, 0.4) is 0 Å². The molecule has 2 heterocycles. The summed E-state index contributed by atoms with van der Waals surface area (Å²) in [7, 11) is 4.04. The Morgan fingerprint density at radius 1 is 1.29 bits per heavy atom. The fourth-order valence-electron chi connectivity index (χ4n) is 1.24. The van der Waals surface area contributed by atoms with Gasteiger partial charge in [0.05, 0.1) is 5.37 Å². The molecular weight excluding hydrogens is 300 g/mol. The molecule has 0 aromatic carbocycles. The van der Waals surface area contributed by atoms with Crippen LogP contribution in [-0.2, 0) is 0 Å². The maximum Gasteiger partial charge on any atom is 0.109 e. The number of hydrogen-bond acceptors (Lipinski definition) is 6. The Balaban J connectivity index is 0. The van der Waals surface area contributed by atoms with Crippen LogP contribution in [-0.4, -0.2) is 47.5 Å². The lowest BCUT2D eigenvalue weighted by molar-refractivity contribution is 0.347. The smallest absolute Gasteiger partial charge is 0.109 e. The average Bonchev–Trinajstić information content (AvgIpc) is 2.46. The van der Waals surface area contributed by atoms with Gasteiger partial charge in [0.25, 0.3) is 0 Å². The second kappa shape index (κ2) is 16.1. The predicted octanol–water partition coefficient (Wildman–Crippen LogP) is 3.29. The number of nitrogens with zero attached hydrogens (tertiary/aromatic N) is 2. The van der Waals surface area contributed by atoms with Crippen LogP contribution < -0.4 is 11.5 Å². The zero-order valence-electron chi connectivity index (χ0n) is 14.5. The van der Waals surface area contributed by atoms with Crippen molar-refractivity contribution in [2.45, 2.75) is 39.5 Å². The van der Waals surface area contributed by atoms with Gasteiger partial charge in [0, 0.05) is 25.9 Å². The van der Waals surface area contributed by atoms with E-state index in [0.717, 1.165) is 12.4 Å². The maximum absolute atomic E-state index is 5.65. The van der Waals surface area contributed by atoms with Crippen molar-refractivity contribution in [1.29, 1.82) is 0 Å². The summed E-state index contributed by atoms with van der Waals surface area (Å²) < 4.78 is 1.90. The minimum atomic E-state index is 0.355. The molecule has 4 nitrogen and oxygen atoms in total. The summed E-state index contributed by atoms with van der Waals surface area (Å²) in [5.41, 5.74) is 11.1. The molecule has 4 N–H and O–H groups in total. The fraction of sp³-hybridized carbons (Fsp3) is 0.733. The predicted molar refractivity (Wildman–Crippen MR) is 102 cm³/mol. The van der Waals surface area contributed by atoms with Gasteiger partial charge < -0.3 is 20.7 Å². The third-order valence-electron chi connectivity index (χ3n) is 2.22. The second-order valence-corrected chi connectivity index (χ2v) is 6.78. The van der Waals surface area contributed by atoms with Crippen molar-refractivity contribution in [3.05, 3.63) is 23.4 Å². The van der Waals surface area contributed by atoms with Crippen molar-refractivity contribution in [2.24, 2.45) is 11.5 Å². The van der Waals surface area contributed by atoms with Crippen LogP contribution in [0.25, 0.3) is 0 Å². The van der Waals surface area contributed by atoms with Gasteiger partial charge in [-0.15, -0.1) is 11.8 Å². The van der Waals surface area contributed by atoms with Crippen molar-refractivity contribution >= 4 is 23.7 Å². The van der Waals surface area contributed by atoms with Gasteiger partial charge >= 0.3 is 0 Å². The van der Waals surface area contributed by atoms with E-state index in [2.05, 4.69) is 25.8 Å². The van der Waals surface area contributed by atoms with Crippen molar-refractivity contribution in [3.63, 3.8) is 0 Å². The maximum atomic E-state index is 5.65. The summed E-state index contributed by atoms with van der Waals surface area (Å²) in [5, 5.41) is 2.34. The Kier molecular flexibility index (Phi) is 17.6. The Hall–Kier alpha value is -0.300. The normalized spacial score (nSPS) is 20.8. The molecule has 0 spiro atoms. The molecule has 0 bridgehead atoms. The van der Waals surface area contributed by atoms with E-state index >= 15 is 0 Å². The highest BCUT2D eigenvalue weighted by Gasteiger charge is 2.11. The lowest BCUT2D eigenvalue weighted by Gasteiger charge is -2.26. The van der Waals surface area contributed by atoms with Crippen LogP contribution in [0.15, 0.2) is 23.4 Å². The van der Waals surface area contributed by atoms with Crippen LogP contribution in [0.4, 0.5) is 0 Å². The lowest BCUT2D eigenvalue weighted by atomic mass is 10.5. The third-order valence-corrected chi connectivity index (χ3v) is 4.03. The van der Waals surface area contributed by atoms with E-state index in [0.29, 0.717) is 5.37 Å². The molecule has 6 heteroatoms. The van der Waals surface area contributed by atoms with Gasteiger partial charge in [-0.25, -0.2) is 0 Å². The Bertz CT molecular complexity index is 275. The quantitative estimate of drug-likeness (QED) is 0.663. The van der Waals surface area contributed by atoms with Crippen LogP contribution in [0, 0.1) is 0 Å². The molecule has 0 saturated carbocycles. The molecule has 2 aliphatic heterocycles. The summed E-state index contributed by atoms with van der Waals surface area (Å²) in [6.07, 6.45) is 5.05. The van der Waals surface area contributed by atoms with E-state index in [4.69, 9.17) is 11.5 Å². The molecule has 0 aromatic heterocycles. The molecule has 0 amide bonds. The van der Waals surface area contributed by atoms with Crippen LogP contribution in [0.1, 0.15) is 34.1 Å². The van der Waals surface area contributed by atoms with Crippen molar-refractivity contribution < 1.29 is 0 Å². The number of likely N-dealkylation sites (N-methyl/N-ethyl adjacent to an activating group) is 1. The molecule has 1 atom stereocenters. The Morgan fingerprint density at radius 3 is 2.14 bits per heavy atom. The zero-order chi connectivity index (χ0) is 16.7. The lowest BCUT2D eigenvalue weighted by Crippen LogP contribution is -2.39. The minimum absolute atomic E-state index is 0.355. The summed E-state index contributed by atoms with van der Waals surface area (Å²) in [6.45, 7) is 10.5. The molecular formula is C15H34N4S2. The number of nitrogens with two attached hydrogens (primary N) is 2. The van der Waals surface area contributed by atoms with E-state index in [9.17, 15) is 0 Å². The van der Waals surface area contributed by atoms with E-state index in [-0.39, 0.29) is 0 Å². The first-order valence-electron chi connectivity index (χ1n) is 7.59. The molecule has 126 valence electrons. The molecule has 0 radical (unpaired) electrons. The Morgan fingerprint density at radius 2 is 1.86 bits per heavy atom. The fourth-order valence-corrected chi connectivity index (χ4v) is 2.83. The second-order valence-electron chi connectivity index (χ2n) is 4.40. The van der Waals surface area contributed by atoms with Gasteiger partial charge in [-0.2, -0.15) is 0 Å². The molecule has 1 saturated heterocycles. The monoisotopic (exact) mass is 334 g/mol. The van der Waals surface area contributed by atoms with E-state index < -0.39 is 0 Å². The topological polar surface area (TPSA) is 58.5 Å². The summed E-state index contributed by atoms with van der Waals surface area (Å²) in [6, 6.07) is 0. The van der Waals surface area contributed by atoms with E-state index in [1.807, 2.05) is 54.5 Å². The molecule has 0 aliphatic carbocycles. The number of rotatable bonds is 0. The van der Waals surface area contributed by atoms with Gasteiger partial charge in [0.2, 0.25) is 0 Å². The Labute approximate surface area is 140 Å². The van der Waals surface area contributed by atoms with E-state index in [1.165, 1.54) is 18.7 Å². The standard InChI is InChI=1S/C5H12N2S.C5H8N2S.C3H8.C2H6/c1-7-2-3-8-5(6)4-7;1-7-5(6)3-2-4-8-7;1-3-2;1-2/h5H,2-4,6H2,1H3;2-4H,6H2,1H3;3H2,1-2H3;1-2H3. The summed E-state index contributed by atoms with van der Waals surface area (Å²) in [5.74, 6) is 2.00. The first kappa shape index (κ1) is 23.0. The van der Waals surface area contributed by atoms with Gasteiger partial charge in [0.15, 0.2) is 0 Å². The highest BCUT2D eigenvalue weighted by molar-refractivity contribution is 8.00. The van der Waals surface area contributed by atoms with Gasteiger partial charge in [-0.1, -0.05) is 40.2 Å². The third kappa shape index (κ3) is 14.4. The minimum Gasteiger partial charge on any atom is -0.385 e. The van der Waals surface area contributed by atoms with Crippen LogP contribution in [0.5, 0.6) is 0 Å². The molecule has 1 fully saturated rings. The number of allylic oxidation sites excluding steroid dienone is 2. The van der Waals surface area contributed by atoms with Gasteiger partial charge in [0.1, 0.15) is 5.82 Å². The molecule has 0 aromatic rings. The number of hydrogen-bond donors (Lipinski definition) is 2. The van der Waals surface area contributed by atoms with Gasteiger partial charge in [-0.3, -0.25) is 0 Å². The number of thioether (sulfide) groups is 1. The van der Waals surface area contributed by atoms with Crippen molar-refractivity contribution in [2.75, 3.05) is 32.9 Å². The molecule has 2 rings (SSSR count). The highest BCUT2D eigenvalue weighted by Crippen LogP contribution is 2.16.